The molecule has 1 rings (SSSR count). The highest BCUT2D eigenvalue weighted by molar-refractivity contribution is 6.30. The number of rotatable bonds is 7. The third kappa shape index (κ3) is 5.68. The van der Waals surface area contributed by atoms with Gasteiger partial charge in [0.25, 0.3) is 0 Å². The van der Waals surface area contributed by atoms with Gasteiger partial charge in [0, 0.05) is 24.5 Å². The largest absolute Gasteiger partial charge is 0.354 e. The smallest absolute Gasteiger partial charge is 0.242 e. The fraction of sp³-hybridized carbons (Fsp3) is 0.529. The minimum Gasteiger partial charge on any atom is -0.354 e. The molecule has 5 heteroatoms. The van der Waals surface area contributed by atoms with Crippen LogP contribution in [0, 0.1) is 5.92 Å². The normalized spacial score (nSPS) is 12.1. The van der Waals surface area contributed by atoms with Crippen LogP contribution < -0.4 is 5.32 Å². The van der Waals surface area contributed by atoms with Crippen molar-refractivity contribution in [2.75, 3.05) is 6.54 Å². The van der Waals surface area contributed by atoms with E-state index in [2.05, 4.69) is 5.32 Å². The number of nitrogens with one attached hydrogen (secondary N) is 1. The lowest BCUT2D eigenvalue weighted by Gasteiger charge is -2.28. The number of benzene rings is 1. The molecular weight excluding hydrogens is 300 g/mol. The Hall–Kier alpha value is -1.55. The lowest BCUT2D eigenvalue weighted by Crippen LogP contribution is -2.48. The average molecular weight is 325 g/mol. The molecule has 0 heterocycles. The van der Waals surface area contributed by atoms with Crippen molar-refractivity contribution in [2.24, 2.45) is 5.92 Å². The molecule has 122 valence electrons. The first-order valence-electron chi connectivity index (χ1n) is 7.66. The van der Waals surface area contributed by atoms with E-state index in [1.54, 1.807) is 30.9 Å². The molecule has 0 saturated heterocycles. The van der Waals surface area contributed by atoms with Gasteiger partial charge in [-0.25, -0.2) is 0 Å². The van der Waals surface area contributed by atoms with Gasteiger partial charge in [-0.15, -0.1) is 0 Å². The minimum atomic E-state index is -0.498. The molecule has 0 aliphatic heterocycles. The van der Waals surface area contributed by atoms with Crippen molar-refractivity contribution in [1.82, 2.24) is 10.2 Å². The van der Waals surface area contributed by atoms with Crippen LogP contribution in [0.5, 0.6) is 0 Å². The number of nitrogens with zero attached hydrogens (tertiary/aromatic N) is 1. The quantitative estimate of drug-likeness (QED) is 0.837. The highest BCUT2D eigenvalue weighted by Gasteiger charge is 2.24. The molecule has 0 fully saturated rings. The fourth-order valence-electron chi connectivity index (χ4n) is 2.02. The summed E-state index contributed by atoms with van der Waals surface area (Å²) in [5.41, 5.74) is 0.953. The predicted molar refractivity (Wildman–Crippen MR) is 89.6 cm³/mol. The van der Waals surface area contributed by atoms with Crippen LogP contribution in [-0.4, -0.2) is 29.3 Å². The molecule has 2 amide bonds. The van der Waals surface area contributed by atoms with Gasteiger partial charge in [0.15, 0.2) is 0 Å². The summed E-state index contributed by atoms with van der Waals surface area (Å²) in [6.07, 6.45) is 0.370. The summed E-state index contributed by atoms with van der Waals surface area (Å²) in [6, 6.07) is 6.82. The highest BCUT2D eigenvalue weighted by Crippen LogP contribution is 2.14. The molecule has 0 aliphatic carbocycles. The lowest BCUT2D eigenvalue weighted by atomic mass is 10.1. The Labute approximate surface area is 137 Å². The Morgan fingerprint density at radius 1 is 1.18 bits per heavy atom. The molecule has 0 aromatic heterocycles. The van der Waals surface area contributed by atoms with Gasteiger partial charge >= 0.3 is 0 Å². The summed E-state index contributed by atoms with van der Waals surface area (Å²) in [7, 11) is 0. The molecule has 1 N–H and O–H groups in total. The molecule has 0 radical (unpaired) electrons. The van der Waals surface area contributed by atoms with Crippen LogP contribution in [-0.2, 0) is 16.1 Å². The SMILES string of the molecule is CCC(=O)N(Cc1ccc(Cl)cc1)[C@@H](C)C(=O)NCC(C)C. The number of amides is 2. The third-order valence-corrected chi connectivity index (χ3v) is 3.67. The second-order valence-corrected chi connectivity index (χ2v) is 6.25. The second-order valence-electron chi connectivity index (χ2n) is 5.82. The number of hydrogen-bond donors (Lipinski definition) is 1. The van der Waals surface area contributed by atoms with Gasteiger partial charge in [0.05, 0.1) is 0 Å². The van der Waals surface area contributed by atoms with E-state index in [-0.39, 0.29) is 11.8 Å². The zero-order valence-electron chi connectivity index (χ0n) is 13.7. The van der Waals surface area contributed by atoms with Gasteiger partial charge in [-0.1, -0.05) is 44.5 Å². The van der Waals surface area contributed by atoms with E-state index in [1.807, 2.05) is 26.0 Å². The van der Waals surface area contributed by atoms with E-state index in [0.717, 1.165) is 5.56 Å². The molecule has 1 aromatic carbocycles. The second kappa shape index (κ2) is 8.79. The Balaban J connectivity index is 2.81. The maximum absolute atomic E-state index is 12.2. The molecule has 0 unspecified atom stereocenters. The molecule has 22 heavy (non-hydrogen) atoms. The zero-order valence-corrected chi connectivity index (χ0v) is 14.5. The van der Waals surface area contributed by atoms with Crippen molar-refractivity contribution in [2.45, 2.75) is 46.7 Å². The maximum atomic E-state index is 12.2. The van der Waals surface area contributed by atoms with E-state index < -0.39 is 6.04 Å². The number of hydrogen-bond acceptors (Lipinski definition) is 2. The fourth-order valence-corrected chi connectivity index (χ4v) is 2.15. The van der Waals surface area contributed by atoms with E-state index >= 15 is 0 Å². The zero-order chi connectivity index (χ0) is 16.7. The van der Waals surface area contributed by atoms with Crippen molar-refractivity contribution in [3.8, 4) is 0 Å². The summed E-state index contributed by atoms with van der Waals surface area (Å²) < 4.78 is 0. The summed E-state index contributed by atoms with van der Waals surface area (Å²) >= 11 is 5.88. The minimum absolute atomic E-state index is 0.0397. The van der Waals surface area contributed by atoms with Gasteiger partial charge in [0.2, 0.25) is 11.8 Å². The molecule has 0 spiro atoms. The van der Waals surface area contributed by atoms with Crippen molar-refractivity contribution in [1.29, 1.82) is 0 Å². The number of halogens is 1. The standard InChI is InChI=1S/C17H25ClN2O2/c1-5-16(21)20(11-14-6-8-15(18)9-7-14)13(4)17(22)19-10-12(2)3/h6-9,12-13H,5,10-11H2,1-4H3,(H,19,22)/t13-/m0/s1. The van der Waals surface area contributed by atoms with Gasteiger partial charge < -0.3 is 10.2 Å². The van der Waals surface area contributed by atoms with Gasteiger partial charge in [0.1, 0.15) is 6.04 Å². The summed E-state index contributed by atoms with van der Waals surface area (Å²) in [4.78, 5) is 26.0. The van der Waals surface area contributed by atoms with Crippen LogP contribution >= 0.6 is 11.6 Å². The van der Waals surface area contributed by atoms with Gasteiger partial charge in [-0.3, -0.25) is 9.59 Å². The molecular formula is C17H25ClN2O2. The molecule has 4 nitrogen and oxygen atoms in total. The van der Waals surface area contributed by atoms with Crippen molar-refractivity contribution < 1.29 is 9.59 Å². The van der Waals surface area contributed by atoms with E-state index in [4.69, 9.17) is 11.6 Å². The van der Waals surface area contributed by atoms with Crippen LogP contribution in [0.15, 0.2) is 24.3 Å². The first-order valence-corrected chi connectivity index (χ1v) is 8.04. The maximum Gasteiger partial charge on any atom is 0.242 e. The first kappa shape index (κ1) is 18.5. The number of carbonyl (C=O) groups is 2. The predicted octanol–water partition coefficient (Wildman–Crippen LogP) is 3.24. The van der Waals surface area contributed by atoms with Crippen molar-refractivity contribution >= 4 is 23.4 Å². The summed E-state index contributed by atoms with van der Waals surface area (Å²) in [6.45, 7) is 8.65. The van der Waals surface area contributed by atoms with Crippen LogP contribution in [0.2, 0.25) is 5.02 Å². The van der Waals surface area contributed by atoms with Crippen molar-refractivity contribution in [3.63, 3.8) is 0 Å². The van der Waals surface area contributed by atoms with E-state index in [1.165, 1.54) is 0 Å². The van der Waals surface area contributed by atoms with Gasteiger partial charge in [-0.2, -0.15) is 0 Å². The summed E-state index contributed by atoms with van der Waals surface area (Å²) in [5.74, 6) is 0.217. The van der Waals surface area contributed by atoms with Crippen LogP contribution in [0.4, 0.5) is 0 Å². The molecule has 1 aromatic rings. The number of carbonyl (C=O) groups excluding carboxylic acids is 2. The molecule has 0 aliphatic rings. The van der Waals surface area contributed by atoms with Gasteiger partial charge in [-0.05, 0) is 30.5 Å². The topological polar surface area (TPSA) is 49.4 Å². The first-order chi connectivity index (χ1) is 10.3. The summed E-state index contributed by atoms with van der Waals surface area (Å²) in [5, 5.41) is 3.53. The molecule has 0 bridgehead atoms. The molecule has 1 atom stereocenters. The third-order valence-electron chi connectivity index (χ3n) is 3.42. The van der Waals surface area contributed by atoms with Crippen molar-refractivity contribution in [3.05, 3.63) is 34.9 Å². The Morgan fingerprint density at radius 2 is 1.77 bits per heavy atom. The van der Waals surface area contributed by atoms with Crippen LogP contribution in [0.3, 0.4) is 0 Å². The average Bonchev–Trinajstić information content (AvgIpc) is 2.50. The van der Waals surface area contributed by atoms with Crippen LogP contribution in [0.25, 0.3) is 0 Å². The van der Waals surface area contributed by atoms with Crippen LogP contribution in [0.1, 0.15) is 39.7 Å². The van der Waals surface area contributed by atoms with E-state index in [0.29, 0.717) is 30.5 Å². The molecule has 0 saturated carbocycles. The monoisotopic (exact) mass is 324 g/mol. The Bertz CT molecular complexity index is 500. The Kier molecular flexibility index (Phi) is 7.39. The lowest BCUT2D eigenvalue weighted by molar-refractivity contribution is -0.140. The Morgan fingerprint density at radius 3 is 2.27 bits per heavy atom. The highest BCUT2D eigenvalue weighted by atomic mass is 35.5. The van der Waals surface area contributed by atoms with E-state index in [9.17, 15) is 9.59 Å².